The molecule has 0 aromatic heterocycles. The first-order chi connectivity index (χ1) is 4.06. The summed E-state index contributed by atoms with van der Waals surface area (Å²) in [5, 5.41) is 8.11. The molecule has 0 saturated heterocycles. The van der Waals surface area contributed by atoms with Gasteiger partial charge >= 0.3 is 41.0 Å². The molecule has 0 aromatic rings. The van der Waals surface area contributed by atoms with Crippen molar-refractivity contribution in [2.75, 3.05) is 0 Å². The maximum absolute atomic E-state index is 8.11. The first-order valence-electron chi connectivity index (χ1n) is 1.99. The van der Waals surface area contributed by atoms with Crippen LogP contribution in [0, 0.1) is 0 Å². The van der Waals surface area contributed by atoms with E-state index in [1.807, 2.05) is 0 Å². The van der Waals surface area contributed by atoms with Gasteiger partial charge in [0, 0.05) is 0 Å². The van der Waals surface area contributed by atoms with Gasteiger partial charge in [-0.2, -0.15) is 0 Å². The molecule has 0 radical (unpaired) electrons. The summed E-state index contributed by atoms with van der Waals surface area (Å²) in [6.07, 6.45) is -1.23. The molecule has 3 nitrogen and oxygen atoms in total. The summed E-state index contributed by atoms with van der Waals surface area (Å²) in [7, 11) is 0. The molecular weight excluding hydrogens is 435 g/mol. The third-order valence-electron chi connectivity index (χ3n) is 0.474. The predicted octanol–water partition coefficient (Wildman–Crippen LogP) is 2.49. The van der Waals surface area contributed by atoms with E-state index in [1.54, 1.807) is 0 Å². The third kappa shape index (κ3) is 17.7. The summed E-state index contributed by atoms with van der Waals surface area (Å²) in [6, 6.07) is -0.676. The topological polar surface area (TPSA) is 67.8 Å². The van der Waals surface area contributed by atoms with Crippen molar-refractivity contribution in [1.29, 1.82) is 0 Å². The number of hydrogen-bond donors (Lipinski definition) is 1. The van der Waals surface area contributed by atoms with Crippen LogP contribution in [0.25, 0.3) is 11.5 Å². The second kappa shape index (κ2) is 9.53. The van der Waals surface area contributed by atoms with Crippen molar-refractivity contribution in [3.8, 4) is 0 Å². The van der Waals surface area contributed by atoms with Gasteiger partial charge in [0.15, 0.2) is 0 Å². The van der Waals surface area contributed by atoms with E-state index in [4.69, 9.17) is 16.6 Å². The Bertz CT molecular complexity index is 49.1. The summed E-state index contributed by atoms with van der Waals surface area (Å²) in [6.45, 7) is 1.47. The number of rotatable bonds is 1. The zero-order valence-electron chi connectivity index (χ0n) is 4.67. The van der Waals surface area contributed by atoms with Gasteiger partial charge in [-0.1, -0.05) is 13.2 Å². The molecule has 0 spiro atoms. The summed E-state index contributed by atoms with van der Waals surface area (Å²) >= 11 is 6.56. The molecule has 0 aromatic carbocycles. The Morgan fingerprint density at radius 1 is 1.44 bits per heavy atom. The van der Waals surface area contributed by atoms with Gasteiger partial charge in [-0.05, 0) is 0 Å². The normalized spacial score (nSPS) is 15.8. The van der Waals surface area contributed by atoms with Gasteiger partial charge in [0.2, 0.25) is 0 Å². The molecule has 0 bridgehead atoms. The number of nitrogens with one attached hydrogen (secondary N) is 2. The van der Waals surface area contributed by atoms with Crippen LogP contribution in [0.4, 0.5) is 0 Å². The van der Waals surface area contributed by atoms with Crippen LogP contribution in [0.5, 0.6) is 0 Å². The van der Waals surface area contributed by atoms with E-state index in [9.17, 15) is 0 Å². The summed E-state index contributed by atoms with van der Waals surface area (Å²) < 4.78 is 0. The molecule has 6 heteroatoms. The molecule has 0 aliphatic heterocycles. The maximum atomic E-state index is 8.11. The van der Waals surface area contributed by atoms with Crippen molar-refractivity contribution < 1.29 is 19.6 Å². The molecule has 0 fully saturated rings. The molecule has 60 valence electrons. The van der Waals surface area contributed by atoms with Crippen LogP contribution in [0.2, 0.25) is 0 Å². The first kappa shape index (κ1) is 13.1. The van der Waals surface area contributed by atoms with Crippen LogP contribution in [-0.2, 0) is 14.5 Å². The molecule has 0 saturated carbocycles. The van der Waals surface area contributed by atoms with Crippen molar-refractivity contribution in [1.82, 2.24) is 0 Å². The van der Waals surface area contributed by atoms with Crippen molar-refractivity contribution in [2.24, 2.45) is 0 Å². The molecule has 2 atom stereocenters. The van der Waals surface area contributed by atoms with Crippen LogP contribution in [0.1, 0.15) is 6.92 Å². The van der Waals surface area contributed by atoms with Gasteiger partial charge in [0.1, 0.15) is 0 Å². The number of halogens is 2. The number of aliphatic hydroxyl groups is 1. The Morgan fingerprint density at radius 3 is 1.56 bits per heavy atom. The van der Waals surface area contributed by atoms with Gasteiger partial charge in [-0.3, -0.25) is 0 Å². The van der Waals surface area contributed by atoms with E-state index in [2.05, 4.69) is 26.6 Å². The molecule has 0 amide bonds. The van der Waals surface area contributed by atoms with Crippen LogP contribution in [0.15, 0.2) is 0 Å². The average molecular weight is 443 g/mol. The fraction of sp³-hybridized carbons (Fsp3) is 1.00. The standard InChI is InChI=1S/C3H8N2O.2BrH.Pt/c1-2(4)3(5)6;;;/h2-6H,1H3;2*1H;/q-2;;;+4/p-2. The summed E-state index contributed by atoms with van der Waals surface area (Å²) in [5.41, 5.74) is 13.0. The van der Waals surface area contributed by atoms with Crippen LogP contribution >= 0.6 is 26.6 Å². The Kier molecular flexibility index (Phi) is 13.9. The van der Waals surface area contributed by atoms with Gasteiger partial charge in [0.05, 0.1) is 0 Å². The van der Waals surface area contributed by atoms with Crippen LogP contribution < -0.4 is 0 Å². The fourth-order valence-electron chi connectivity index (χ4n) is 0. The minimum absolute atomic E-state index is 0.208. The molecule has 0 aliphatic carbocycles. The third-order valence-corrected chi connectivity index (χ3v) is 0.474. The van der Waals surface area contributed by atoms with Crippen molar-refractivity contribution in [3.05, 3.63) is 11.5 Å². The van der Waals surface area contributed by atoms with Gasteiger partial charge < -0.3 is 16.6 Å². The Morgan fingerprint density at radius 2 is 1.56 bits per heavy atom. The van der Waals surface area contributed by atoms with Crippen molar-refractivity contribution >= 4 is 26.6 Å². The van der Waals surface area contributed by atoms with E-state index in [-0.39, 0.29) is 14.5 Å². The summed E-state index contributed by atoms with van der Waals surface area (Å²) in [5.74, 6) is 0. The molecular formula is C3H8Br2N2OPt. The predicted molar refractivity (Wildman–Crippen MR) is 42.0 cm³/mol. The van der Waals surface area contributed by atoms with Gasteiger partial charge in [-0.25, -0.2) is 0 Å². The van der Waals surface area contributed by atoms with Crippen LogP contribution in [-0.4, -0.2) is 17.4 Å². The quantitative estimate of drug-likeness (QED) is 0.666. The SMILES string of the molecule is CC([NH-])C([NH-])O.[Br][Pt+2][Br]. The van der Waals surface area contributed by atoms with E-state index < -0.39 is 12.3 Å². The fourth-order valence-corrected chi connectivity index (χ4v) is 0. The van der Waals surface area contributed by atoms with Gasteiger partial charge in [-0.15, -0.1) is 6.04 Å². The molecule has 9 heavy (non-hydrogen) atoms. The molecule has 0 aliphatic rings. The van der Waals surface area contributed by atoms with Gasteiger partial charge in [0.25, 0.3) is 0 Å². The van der Waals surface area contributed by atoms with E-state index >= 15 is 0 Å². The van der Waals surface area contributed by atoms with Crippen molar-refractivity contribution in [3.63, 3.8) is 0 Å². The molecule has 0 rings (SSSR count). The average Bonchev–Trinajstić information content (AvgIpc) is 1.68. The monoisotopic (exact) mass is 441 g/mol. The zero-order chi connectivity index (χ0) is 7.86. The summed E-state index contributed by atoms with van der Waals surface area (Å²) in [4.78, 5) is 0. The Hall–Kier alpha value is 1.53. The number of aliphatic hydroxyl groups excluding tert-OH is 1. The molecule has 2 unspecified atom stereocenters. The Labute approximate surface area is 76.4 Å². The number of hydrogen-bond acceptors (Lipinski definition) is 1. The van der Waals surface area contributed by atoms with E-state index in [1.165, 1.54) is 6.92 Å². The van der Waals surface area contributed by atoms with Crippen LogP contribution in [0.3, 0.4) is 0 Å². The zero-order valence-corrected chi connectivity index (χ0v) is 10.1. The van der Waals surface area contributed by atoms with E-state index in [0.29, 0.717) is 0 Å². The Balaban J connectivity index is 0. The second-order valence-corrected chi connectivity index (χ2v) is 11.2. The first-order valence-corrected chi connectivity index (χ1v) is 11.9. The van der Waals surface area contributed by atoms with Crippen molar-refractivity contribution in [2.45, 2.75) is 19.2 Å². The molecule has 0 heterocycles. The minimum atomic E-state index is -1.23. The van der Waals surface area contributed by atoms with E-state index in [0.717, 1.165) is 0 Å². The second-order valence-electron chi connectivity index (χ2n) is 1.28. The molecule has 3 N–H and O–H groups in total.